The number of hydrogen-bond donors (Lipinski definition) is 1. The highest BCUT2D eigenvalue weighted by Gasteiger charge is 2.46. The Morgan fingerprint density at radius 1 is 1.17 bits per heavy atom. The van der Waals surface area contributed by atoms with Crippen LogP contribution >= 0.6 is 0 Å². The van der Waals surface area contributed by atoms with Crippen LogP contribution in [0, 0.1) is 5.41 Å². The summed E-state index contributed by atoms with van der Waals surface area (Å²) in [6.07, 6.45) is 4.10. The Kier molecular flexibility index (Phi) is 8.51. The molecule has 5 heteroatoms. The van der Waals surface area contributed by atoms with E-state index in [-0.39, 0.29) is 12.8 Å². The van der Waals surface area contributed by atoms with Crippen molar-refractivity contribution < 1.29 is 13.2 Å². The number of allylic oxidation sites excluding steroid dienone is 7. The molecule has 0 saturated carbocycles. The normalized spacial score (nSPS) is 13.5. The van der Waals surface area contributed by atoms with Gasteiger partial charge in [0.05, 0.1) is 11.1 Å². The lowest BCUT2D eigenvalue weighted by atomic mass is 9.86. The molecule has 0 unspecified atom stereocenters. The molecule has 0 amide bonds. The molecule has 0 atom stereocenters. The maximum Gasteiger partial charge on any atom is 0.393 e. The molecule has 24 heavy (non-hydrogen) atoms. The summed E-state index contributed by atoms with van der Waals surface area (Å²) in [5, 5.41) is 0. The smallest absolute Gasteiger partial charge is 0.393 e. The van der Waals surface area contributed by atoms with Crippen LogP contribution in [0.15, 0.2) is 65.0 Å². The molecule has 0 aromatic heterocycles. The van der Waals surface area contributed by atoms with Gasteiger partial charge in [-0.25, -0.2) is 0 Å². The standard InChI is InChI=1S/C19H27F3N2/c1-7-16(14(2)3)9-8-15(4)24-13-11-17(23)10-12-18(5,6)19(20,21)22/h7-9,11,13H,1,4,10,12,23H2,2-3,5-6H3/b9-8-,17-11?,24-13?. The third-order valence-electron chi connectivity index (χ3n) is 3.59. The molecule has 0 fully saturated rings. The van der Waals surface area contributed by atoms with E-state index in [0.29, 0.717) is 11.4 Å². The lowest BCUT2D eigenvalue weighted by Gasteiger charge is -2.27. The number of aliphatic imine (C=N–C) groups is 1. The molecule has 0 spiro atoms. The third-order valence-corrected chi connectivity index (χ3v) is 3.59. The molecule has 0 aliphatic heterocycles. The largest absolute Gasteiger partial charge is 0.402 e. The molecule has 2 N–H and O–H groups in total. The van der Waals surface area contributed by atoms with Gasteiger partial charge >= 0.3 is 6.18 Å². The van der Waals surface area contributed by atoms with Gasteiger partial charge in [-0.05, 0) is 44.4 Å². The van der Waals surface area contributed by atoms with E-state index >= 15 is 0 Å². The van der Waals surface area contributed by atoms with Gasteiger partial charge in [0.15, 0.2) is 0 Å². The molecule has 0 heterocycles. The fraction of sp³-hybridized carbons (Fsp3) is 0.421. The Morgan fingerprint density at radius 2 is 1.75 bits per heavy atom. The molecule has 0 radical (unpaired) electrons. The Balaban J connectivity index is 4.65. The first-order valence-corrected chi connectivity index (χ1v) is 7.63. The lowest BCUT2D eigenvalue weighted by Crippen LogP contribution is -2.32. The lowest BCUT2D eigenvalue weighted by molar-refractivity contribution is -0.213. The number of nitrogens with zero attached hydrogens (tertiary/aromatic N) is 1. The van der Waals surface area contributed by atoms with Gasteiger partial charge in [0.2, 0.25) is 0 Å². The number of halogens is 3. The Bertz CT molecular complexity index is 570. The van der Waals surface area contributed by atoms with Crippen LogP contribution in [0.2, 0.25) is 0 Å². The summed E-state index contributed by atoms with van der Waals surface area (Å²) in [7, 11) is 0. The number of alkyl halides is 3. The summed E-state index contributed by atoms with van der Waals surface area (Å²) in [5.41, 5.74) is 6.93. The molecular weight excluding hydrogens is 313 g/mol. The van der Waals surface area contributed by atoms with Gasteiger partial charge in [0.1, 0.15) is 0 Å². The van der Waals surface area contributed by atoms with Crippen molar-refractivity contribution in [1.29, 1.82) is 0 Å². The number of hydrogen-bond acceptors (Lipinski definition) is 2. The zero-order valence-electron chi connectivity index (χ0n) is 14.9. The van der Waals surface area contributed by atoms with E-state index in [1.165, 1.54) is 26.1 Å². The fourth-order valence-corrected chi connectivity index (χ4v) is 1.58. The summed E-state index contributed by atoms with van der Waals surface area (Å²) in [5.74, 6) is 0. The van der Waals surface area contributed by atoms with Crippen molar-refractivity contribution in [1.82, 2.24) is 0 Å². The maximum atomic E-state index is 12.8. The number of nitrogens with two attached hydrogens (primary N) is 1. The second-order valence-electron chi connectivity index (χ2n) is 6.39. The van der Waals surface area contributed by atoms with Crippen LogP contribution in [0.3, 0.4) is 0 Å². The second-order valence-corrected chi connectivity index (χ2v) is 6.39. The molecule has 0 aromatic carbocycles. The van der Waals surface area contributed by atoms with Gasteiger partial charge < -0.3 is 5.73 Å². The molecule has 0 bridgehead atoms. The van der Waals surface area contributed by atoms with Crippen molar-refractivity contribution in [2.24, 2.45) is 16.1 Å². The van der Waals surface area contributed by atoms with Crippen LogP contribution in [0.25, 0.3) is 0 Å². The maximum absolute atomic E-state index is 12.8. The first-order chi connectivity index (χ1) is 10.9. The minimum Gasteiger partial charge on any atom is -0.402 e. The van der Waals surface area contributed by atoms with Crippen molar-refractivity contribution in [3.05, 3.63) is 60.0 Å². The topological polar surface area (TPSA) is 38.4 Å². The van der Waals surface area contributed by atoms with Crippen LogP contribution in [0.1, 0.15) is 40.5 Å². The molecule has 0 aromatic rings. The van der Waals surface area contributed by atoms with E-state index in [2.05, 4.69) is 18.2 Å². The van der Waals surface area contributed by atoms with E-state index in [1.54, 1.807) is 12.2 Å². The van der Waals surface area contributed by atoms with Crippen LogP contribution in [0.4, 0.5) is 13.2 Å². The van der Waals surface area contributed by atoms with Gasteiger partial charge in [-0.1, -0.05) is 44.7 Å². The molecule has 0 saturated heterocycles. The fourth-order valence-electron chi connectivity index (χ4n) is 1.58. The molecular formula is C19H27F3N2. The SMILES string of the molecule is C=CC(/C=C\C(=C)N=CC=C(N)CCC(C)(C)C(F)(F)F)=C(C)C. The zero-order chi connectivity index (χ0) is 19.0. The highest BCUT2D eigenvalue weighted by molar-refractivity contribution is 5.73. The van der Waals surface area contributed by atoms with Crippen molar-refractivity contribution in [3.63, 3.8) is 0 Å². The van der Waals surface area contributed by atoms with E-state index < -0.39 is 11.6 Å². The van der Waals surface area contributed by atoms with Crippen molar-refractivity contribution >= 4 is 6.21 Å². The summed E-state index contributed by atoms with van der Waals surface area (Å²) in [6.45, 7) is 13.8. The van der Waals surface area contributed by atoms with Crippen LogP contribution < -0.4 is 5.73 Å². The third kappa shape index (κ3) is 7.99. The average molecular weight is 340 g/mol. The van der Waals surface area contributed by atoms with Crippen molar-refractivity contribution in [2.75, 3.05) is 0 Å². The van der Waals surface area contributed by atoms with Gasteiger partial charge in [0.25, 0.3) is 0 Å². The Morgan fingerprint density at radius 3 is 2.21 bits per heavy atom. The average Bonchev–Trinajstić information content (AvgIpc) is 2.44. The number of rotatable bonds is 8. The monoisotopic (exact) mass is 340 g/mol. The summed E-state index contributed by atoms with van der Waals surface area (Å²) >= 11 is 0. The summed E-state index contributed by atoms with van der Waals surface area (Å²) < 4.78 is 38.3. The quantitative estimate of drug-likeness (QED) is 0.436. The van der Waals surface area contributed by atoms with E-state index in [0.717, 1.165) is 11.1 Å². The van der Waals surface area contributed by atoms with Gasteiger partial charge in [-0.15, -0.1) is 0 Å². The van der Waals surface area contributed by atoms with E-state index in [4.69, 9.17) is 5.73 Å². The Labute approximate surface area is 143 Å². The molecule has 0 aliphatic rings. The predicted octanol–water partition coefficient (Wildman–Crippen LogP) is 5.86. The highest BCUT2D eigenvalue weighted by Crippen LogP contribution is 2.41. The van der Waals surface area contributed by atoms with Crippen LogP contribution in [-0.2, 0) is 0 Å². The van der Waals surface area contributed by atoms with E-state index in [9.17, 15) is 13.2 Å². The van der Waals surface area contributed by atoms with Crippen molar-refractivity contribution in [2.45, 2.75) is 46.7 Å². The molecule has 0 aliphatic carbocycles. The first-order valence-electron chi connectivity index (χ1n) is 7.63. The molecule has 0 rings (SSSR count). The molecule has 134 valence electrons. The minimum atomic E-state index is -4.24. The van der Waals surface area contributed by atoms with Crippen molar-refractivity contribution in [3.8, 4) is 0 Å². The van der Waals surface area contributed by atoms with Crippen LogP contribution in [0.5, 0.6) is 0 Å². The first kappa shape index (κ1) is 22.0. The second kappa shape index (κ2) is 9.30. The van der Waals surface area contributed by atoms with E-state index in [1.807, 2.05) is 19.9 Å². The van der Waals surface area contributed by atoms with Gasteiger partial charge in [-0.3, -0.25) is 4.99 Å². The van der Waals surface area contributed by atoms with Gasteiger partial charge in [-0.2, -0.15) is 13.2 Å². The van der Waals surface area contributed by atoms with Gasteiger partial charge in [0, 0.05) is 11.9 Å². The zero-order valence-corrected chi connectivity index (χ0v) is 14.9. The summed E-state index contributed by atoms with van der Waals surface area (Å²) in [6, 6.07) is 0. The Hall–Kier alpha value is -2.04. The van der Waals surface area contributed by atoms with Crippen LogP contribution in [-0.4, -0.2) is 12.4 Å². The highest BCUT2D eigenvalue weighted by atomic mass is 19.4. The minimum absolute atomic E-state index is 0.0726. The predicted molar refractivity (Wildman–Crippen MR) is 96.7 cm³/mol. The summed E-state index contributed by atoms with van der Waals surface area (Å²) in [4.78, 5) is 4.08. The molecule has 2 nitrogen and oxygen atoms in total.